The molecule has 1 fully saturated rings. The highest BCUT2D eigenvalue weighted by molar-refractivity contribution is 7.13. The molecule has 4 aromatic rings. The minimum absolute atomic E-state index is 0.0880. The number of pyridine rings is 2. The van der Waals surface area contributed by atoms with Gasteiger partial charge in [0.15, 0.2) is 0 Å². The monoisotopic (exact) mass is 460 g/mol. The largest absolute Gasteiger partial charge is 0.444 e. The molecule has 0 aromatic carbocycles. The van der Waals surface area contributed by atoms with Gasteiger partial charge < -0.3 is 13.9 Å². The lowest BCUT2D eigenvalue weighted by Crippen LogP contribution is -2.56. The van der Waals surface area contributed by atoms with E-state index in [0.29, 0.717) is 23.6 Å². The maximum absolute atomic E-state index is 12.7. The molecule has 33 heavy (non-hydrogen) atoms. The first-order valence-corrected chi connectivity index (χ1v) is 11.7. The molecule has 8 nitrogen and oxygen atoms in total. The quantitative estimate of drug-likeness (QED) is 0.459. The zero-order chi connectivity index (χ0) is 23.1. The second-order valence-corrected chi connectivity index (χ2v) is 9.45. The van der Waals surface area contributed by atoms with Gasteiger partial charge in [0.25, 0.3) is 5.56 Å². The molecule has 5 rings (SSSR count). The molecule has 1 aliphatic heterocycles. The van der Waals surface area contributed by atoms with Crippen molar-refractivity contribution in [3.05, 3.63) is 63.7 Å². The summed E-state index contributed by atoms with van der Waals surface area (Å²) >= 11 is 1.61. The lowest BCUT2D eigenvalue weighted by molar-refractivity contribution is 0.156. The fraction of sp³-hybridized carbons (Fsp3) is 0.333. The Labute approximate surface area is 195 Å². The highest BCUT2D eigenvalue weighted by atomic mass is 32.1. The van der Waals surface area contributed by atoms with E-state index in [1.807, 2.05) is 17.5 Å². The third-order valence-corrected chi connectivity index (χ3v) is 7.11. The van der Waals surface area contributed by atoms with Crippen molar-refractivity contribution in [2.45, 2.75) is 32.5 Å². The van der Waals surface area contributed by atoms with Crippen LogP contribution in [0.15, 0.2) is 51.2 Å². The van der Waals surface area contributed by atoms with Gasteiger partial charge in [-0.25, -0.2) is 9.97 Å². The maximum Gasteiger partial charge on any atom is 0.252 e. The van der Waals surface area contributed by atoms with Crippen molar-refractivity contribution in [1.29, 1.82) is 5.26 Å². The van der Waals surface area contributed by atoms with E-state index in [-0.39, 0.29) is 17.6 Å². The summed E-state index contributed by atoms with van der Waals surface area (Å²) < 4.78 is 7.26. The van der Waals surface area contributed by atoms with Crippen LogP contribution in [-0.4, -0.2) is 44.6 Å². The molecule has 9 heteroatoms. The van der Waals surface area contributed by atoms with Crippen LogP contribution in [0.25, 0.3) is 21.8 Å². The summed E-state index contributed by atoms with van der Waals surface area (Å²) in [5, 5.41) is 11.4. The number of hydrogen-bond donors (Lipinski definition) is 0. The number of nitriles is 1. The van der Waals surface area contributed by atoms with E-state index in [9.17, 15) is 10.1 Å². The van der Waals surface area contributed by atoms with Crippen molar-refractivity contribution in [3.63, 3.8) is 0 Å². The summed E-state index contributed by atoms with van der Waals surface area (Å²) in [5.41, 5.74) is 3.35. The van der Waals surface area contributed by atoms with Gasteiger partial charge in [-0.15, -0.1) is 11.3 Å². The number of oxazole rings is 1. The Morgan fingerprint density at radius 3 is 2.82 bits per heavy atom. The van der Waals surface area contributed by atoms with Crippen molar-refractivity contribution in [2.75, 3.05) is 18.0 Å². The fourth-order valence-electron chi connectivity index (χ4n) is 4.45. The van der Waals surface area contributed by atoms with Gasteiger partial charge in [-0.1, -0.05) is 6.07 Å². The number of fused-ring (bicyclic) bond motifs is 1. The number of nitrogens with zero attached hydrogens (tertiary/aromatic N) is 6. The van der Waals surface area contributed by atoms with E-state index < -0.39 is 0 Å². The Morgan fingerprint density at radius 1 is 1.21 bits per heavy atom. The van der Waals surface area contributed by atoms with Gasteiger partial charge in [-0.3, -0.25) is 9.69 Å². The third kappa shape index (κ3) is 3.92. The summed E-state index contributed by atoms with van der Waals surface area (Å²) in [6.45, 7) is 6.56. The van der Waals surface area contributed by atoms with Gasteiger partial charge in [0, 0.05) is 44.8 Å². The normalized spacial score (nSPS) is 19.2. The van der Waals surface area contributed by atoms with Crippen LogP contribution < -0.4 is 10.5 Å². The second kappa shape index (κ2) is 8.46. The number of aryl methyl sites for hydroxylation is 1. The first-order valence-electron chi connectivity index (χ1n) is 10.8. The summed E-state index contributed by atoms with van der Waals surface area (Å²) in [7, 11) is 1.73. The summed E-state index contributed by atoms with van der Waals surface area (Å²) in [5.74, 6) is 0.658. The predicted octanol–water partition coefficient (Wildman–Crippen LogP) is 3.62. The van der Waals surface area contributed by atoms with Gasteiger partial charge in [0.1, 0.15) is 23.5 Å². The predicted molar refractivity (Wildman–Crippen MR) is 128 cm³/mol. The lowest BCUT2D eigenvalue weighted by Gasteiger charge is -2.45. The molecule has 5 heterocycles. The van der Waals surface area contributed by atoms with Crippen LogP contribution in [0, 0.1) is 11.3 Å². The molecule has 168 valence electrons. The molecule has 1 aliphatic rings. The van der Waals surface area contributed by atoms with Crippen LogP contribution in [0.3, 0.4) is 0 Å². The number of piperazine rings is 1. The second-order valence-electron chi connectivity index (χ2n) is 8.50. The topological polar surface area (TPSA) is 91.2 Å². The molecule has 0 spiro atoms. The molecule has 2 atom stereocenters. The minimum atomic E-state index is -0.0880. The van der Waals surface area contributed by atoms with Gasteiger partial charge in [0.05, 0.1) is 21.8 Å². The first-order chi connectivity index (χ1) is 15.9. The van der Waals surface area contributed by atoms with Crippen LogP contribution in [0.1, 0.15) is 25.2 Å². The summed E-state index contributed by atoms with van der Waals surface area (Å²) in [4.78, 5) is 27.5. The minimum Gasteiger partial charge on any atom is -0.444 e. The van der Waals surface area contributed by atoms with Crippen molar-refractivity contribution in [2.24, 2.45) is 7.05 Å². The van der Waals surface area contributed by atoms with E-state index >= 15 is 0 Å². The van der Waals surface area contributed by atoms with Crippen molar-refractivity contribution in [3.8, 4) is 16.8 Å². The van der Waals surface area contributed by atoms with Crippen molar-refractivity contribution < 1.29 is 4.42 Å². The number of hydrogen-bond acceptors (Lipinski definition) is 8. The molecule has 0 aliphatic carbocycles. The maximum atomic E-state index is 12.7. The molecule has 0 unspecified atom stereocenters. The van der Waals surface area contributed by atoms with Crippen molar-refractivity contribution in [1.82, 2.24) is 19.4 Å². The molecule has 0 radical (unpaired) electrons. The highest BCUT2D eigenvalue weighted by Crippen LogP contribution is 2.30. The Hall–Kier alpha value is -3.48. The van der Waals surface area contributed by atoms with Gasteiger partial charge >= 0.3 is 0 Å². The SMILES string of the molecule is C[C@@H]1CN(c2cc(=O)n(C)c3ccc(C#N)nc23)[C@@H](C)CN1Cc1coc(-c2cccs2)n1. The fourth-order valence-corrected chi connectivity index (χ4v) is 5.10. The van der Waals surface area contributed by atoms with E-state index in [0.717, 1.165) is 34.9 Å². The zero-order valence-electron chi connectivity index (χ0n) is 18.7. The van der Waals surface area contributed by atoms with Crippen LogP contribution in [0.4, 0.5) is 5.69 Å². The first kappa shape index (κ1) is 21.4. The number of rotatable bonds is 4. The average molecular weight is 461 g/mol. The van der Waals surface area contributed by atoms with Crippen LogP contribution in [0.2, 0.25) is 0 Å². The molecule has 0 saturated carbocycles. The third-order valence-electron chi connectivity index (χ3n) is 6.26. The molecular weight excluding hydrogens is 436 g/mol. The number of thiophene rings is 1. The van der Waals surface area contributed by atoms with E-state index in [2.05, 4.69) is 39.7 Å². The summed E-state index contributed by atoms with van der Waals surface area (Å²) in [6, 6.07) is 11.6. The van der Waals surface area contributed by atoms with Crippen LogP contribution >= 0.6 is 11.3 Å². The average Bonchev–Trinajstić information content (AvgIpc) is 3.50. The van der Waals surface area contributed by atoms with E-state index in [4.69, 9.17) is 4.42 Å². The van der Waals surface area contributed by atoms with Gasteiger partial charge in [-0.05, 0) is 37.4 Å². The Morgan fingerprint density at radius 2 is 2.06 bits per heavy atom. The van der Waals surface area contributed by atoms with Gasteiger partial charge in [0.2, 0.25) is 5.89 Å². The van der Waals surface area contributed by atoms with E-state index in [1.165, 1.54) is 0 Å². The Bertz CT molecular complexity index is 1400. The van der Waals surface area contributed by atoms with E-state index in [1.54, 1.807) is 47.4 Å². The molecule has 0 bridgehead atoms. The molecule has 0 amide bonds. The standard InChI is InChI=1S/C24H24N6O2S/c1-15-12-30(20-9-22(31)28(3)19-7-6-17(10-25)26-23(19)20)16(2)11-29(15)13-18-14-32-24(27-18)21-5-4-8-33-21/h4-9,14-16H,11-13H2,1-3H3/t15-,16+/m1/s1. The lowest BCUT2D eigenvalue weighted by atomic mass is 10.1. The smallest absolute Gasteiger partial charge is 0.252 e. The molecule has 1 saturated heterocycles. The number of aromatic nitrogens is 3. The number of anilines is 1. The highest BCUT2D eigenvalue weighted by Gasteiger charge is 2.31. The van der Waals surface area contributed by atoms with Gasteiger partial charge in [-0.2, -0.15) is 5.26 Å². The van der Waals surface area contributed by atoms with Crippen molar-refractivity contribution >= 4 is 28.1 Å². The Kier molecular flexibility index (Phi) is 5.48. The zero-order valence-corrected chi connectivity index (χ0v) is 19.5. The van der Waals surface area contributed by atoms with Crippen LogP contribution in [0.5, 0.6) is 0 Å². The van der Waals surface area contributed by atoms with Crippen LogP contribution in [-0.2, 0) is 13.6 Å². The molecule has 0 N–H and O–H groups in total. The molecule has 4 aromatic heterocycles. The summed E-state index contributed by atoms with van der Waals surface area (Å²) in [6.07, 6.45) is 1.74. The Balaban J connectivity index is 1.41. The molecular formula is C24H24N6O2S.